The highest BCUT2D eigenvalue weighted by molar-refractivity contribution is 7.92. The summed E-state index contributed by atoms with van der Waals surface area (Å²) < 4.78 is 31.5. The second-order valence-corrected chi connectivity index (χ2v) is 10.1. The third-order valence-corrected chi connectivity index (χ3v) is 6.74. The van der Waals surface area contributed by atoms with Gasteiger partial charge in [-0.15, -0.1) is 0 Å². The van der Waals surface area contributed by atoms with Gasteiger partial charge in [-0.3, -0.25) is 13.9 Å². The Morgan fingerprint density at radius 3 is 2.26 bits per heavy atom. The van der Waals surface area contributed by atoms with E-state index in [9.17, 15) is 18.0 Å². The van der Waals surface area contributed by atoms with E-state index in [4.69, 9.17) is 4.74 Å². The number of rotatable bonds is 12. The summed E-state index contributed by atoms with van der Waals surface area (Å²) in [5, 5.41) is 2.95. The van der Waals surface area contributed by atoms with Crippen molar-refractivity contribution in [2.75, 3.05) is 24.2 Å². The molecule has 0 aliphatic heterocycles. The molecule has 1 N–H and O–H groups in total. The summed E-state index contributed by atoms with van der Waals surface area (Å²) in [6, 6.07) is 15.1. The number of carbonyl (C=O) groups is 2. The Hall–Kier alpha value is -3.07. The zero-order valence-electron chi connectivity index (χ0n) is 20.5. The minimum atomic E-state index is -3.79. The molecule has 0 heterocycles. The molecule has 0 aliphatic rings. The Balaban J connectivity index is 2.42. The molecule has 0 fully saturated rings. The van der Waals surface area contributed by atoms with Crippen LogP contribution in [0.2, 0.25) is 0 Å². The van der Waals surface area contributed by atoms with Gasteiger partial charge in [0.15, 0.2) is 0 Å². The molecule has 0 bridgehead atoms. The first kappa shape index (κ1) is 27.2. The van der Waals surface area contributed by atoms with E-state index < -0.39 is 28.5 Å². The van der Waals surface area contributed by atoms with E-state index in [1.54, 1.807) is 24.3 Å². The van der Waals surface area contributed by atoms with Crippen molar-refractivity contribution < 1.29 is 22.7 Å². The molecule has 0 saturated carbocycles. The number of methoxy groups -OCH3 is 1. The number of benzene rings is 2. The third kappa shape index (κ3) is 7.48. The van der Waals surface area contributed by atoms with Gasteiger partial charge >= 0.3 is 0 Å². The minimum absolute atomic E-state index is 0.0421. The van der Waals surface area contributed by atoms with Gasteiger partial charge in [0.1, 0.15) is 18.3 Å². The molecule has 2 aromatic carbocycles. The van der Waals surface area contributed by atoms with E-state index in [1.165, 1.54) is 12.0 Å². The molecule has 0 aliphatic carbocycles. The van der Waals surface area contributed by atoms with Crippen LogP contribution in [-0.4, -0.2) is 57.1 Å². The average molecular weight is 490 g/mol. The molecule has 186 valence electrons. The first-order chi connectivity index (χ1) is 16.1. The lowest BCUT2D eigenvalue weighted by molar-refractivity contribution is -0.140. The Morgan fingerprint density at radius 2 is 1.71 bits per heavy atom. The molecular weight excluding hydrogens is 454 g/mol. The number of anilines is 1. The van der Waals surface area contributed by atoms with Crippen LogP contribution in [0.3, 0.4) is 0 Å². The number of nitrogens with one attached hydrogen (secondary N) is 1. The number of ether oxygens (including phenoxy) is 1. The Labute approximate surface area is 202 Å². The fraction of sp³-hybridized carbons (Fsp3) is 0.440. The van der Waals surface area contributed by atoms with Crippen LogP contribution >= 0.6 is 0 Å². The van der Waals surface area contributed by atoms with Crippen molar-refractivity contribution >= 4 is 27.5 Å². The van der Waals surface area contributed by atoms with Gasteiger partial charge in [-0.25, -0.2) is 8.42 Å². The largest absolute Gasteiger partial charge is 0.497 e. The van der Waals surface area contributed by atoms with Gasteiger partial charge in [0.05, 0.1) is 19.1 Å². The first-order valence-corrected chi connectivity index (χ1v) is 13.2. The number of hydrogen-bond acceptors (Lipinski definition) is 5. The molecule has 0 unspecified atom stereocenters. The number of amides is 2. The van der Waals surface area contributed by atoms with Crippen LogP contribution in [0.25, 0.3) is 0 Å². The van der Waals surface area contributed by atoms with Gasteiger partial charge in [-0.1, -0.05) is 50.2 Å². The number of sulfonamides is 1. The Kier molecular flexibility index (Phi) is 9.92. The van der Waals surface area contributed by atoms with Crippen LogP contribution in [0.1, 0.15) is 39.2 Å². The maximum atomic E-state index is 13.6. The van der Waals surface area contributed by atoms with Gasteiger partial charge in [0.25, 0.3) is 0 Å². The third-order valence-electron chi connectivity index (χ3n) is 5.60. The standard InChI is InChI=1S/C25H35N3O5S/c1-6-19(3)26-25(30)23(7-2)27(17-20-12-9-8-10-13-20)24(29)18-28(34(5,31)32)21-14-11-15-22(16-21)33-4/h8-16,19,23H,6-7,17-18H2,1-5H3,(H,26,30)/t19-,23+/m1/s1. The van der Waals surface area contributed by atoms with Gasteiger partial charge < -0.3 is 15.0 Å². The normalized spacial score (nSPS) is 13.0. The van der Waals surface area contributed by atoms with Crippen LogP contribution in [0.4, 0.5) is 5.69 Å². The first-order valence-electron chi connectivity index (χ1n) is 11.4. The van der Waals surface area contributed by atoms with Crippen molar-refractivity contribution in [3.8, 4) is 5.75 Å². The van der Waals surface area contributed by atoms with E-state index in [-0.39, 0.29) is 18.5 Å². The number of nitrogens with zero attached hydrogens (tertiary/aromatic N) is 2. The Morgan fingerprint density at radius 1 is 1.03 bits per heavy atom. The molecule has 9 heteroatoms. The fourth-order valence-electron chi connectivity index (χ4n) is 3.52. The Bertz CT molecular complexity index is 1060. The smallest absolute Gasteiger partial charge is 0.244 e. The lowest BCUT2D eigenvalue weighted by Crippen LogP contribution is -2.53. The molecule has 2 aromatic rings. The van der Waals surface area contributed by atoms with Crippen LogP contribution in [0.5, 0.6) is 5.75 Å². The highest BCUT2D eigenvalue weighted by atomic mass is 32.2. The highest BCUT2D eigenvalue weighted by Gasteiger charge is 2.32. The van der Waals surface area contributed by atoms with Crippen LogP contribution in [-0.2, 0) is 26.2 Å². The van der Waals surface area contributed by atoms with Crippen molar-refractivity contribution in [1.29, 1.82) is 0 Å². The summed E-state index contributed by atoms with van der Waals surface area (Å²) in [5.74, 6) is -0.254. The molecule has 0 saturated heterocycles. The monoisotopic (exact) mass is 489 g/mol. The topological polar surface area (TPSA) is 96.0 Å². The molecule has 34 heavy (non-hydrogen) atoms. The highest BCUT2D eigenvalue weighted by Crippen LogP contribution is 2.24. The zero-order chi connectivity index (χ0) is 25.3. The summed E-state index contributed by atoms with van der Waals surface area (Å²) in [5.41, 5.74) is 1.16. The van der Waals surface area contributed by atoms with Crippen LogP contribution in [0, 0.1) is 0 Å². The number of hydrogen-bond donors (Lipinski definition) is 1. The summed E-state index contributed by atoms with van der Waals surface area (Å²) in [4.78, 5) is 28.1. The number of carbonyl (C=O) groups excluding carboxylic acids is 2. The second kappa shape index (κ2) is 12.4. The lowest BCUT2D eigenvalue weighted by atomic mass is 10.1. The molecule has 0 aromatic heterocycles. The summed E-state index contributed by atoms with van der Waals surface area (Å²) in [7, 11) is -2.31. The van der Waals surface area contributed by atoms with E-state index in [2.05, 4.69) is 5.32 Å². The summed E-state index contributed by atoms with van der Waals surface area (Å²) in [6.07, 6.45) is 2.19. The van der Waals surface area contributed by atoms with Crippen molar-refractivity contribution in [3.63, 3.8) is 0 Å². The maximum Gasteiger partial charge on any atom is 0.244 e. The fourth-order valence-corrected chi connectivity index (χ4v) is 4.36. The quantitative estimate of drug-likeness (QED) is 0.494. The second-order valence-electron chi connectivity index (χ2n) is 8.22. The molecule has 0 spiro atoms. The van der Waals surface area contributed by atoms with Gasteiger partial charge in [0, 0.05) is 18.7 Å². The molecular formula is C25H35N3O5S. The summed E-state index contributed by atoms with van der Waals surface area (Å²) in [6.45, 7) is 5.45. The SMILES string of the molecule is CC[C@@H](C)NC(=O)[C@H](CC)N(Cc1ccccc1)C(=O)CN(c1cccc(OC)c1)S(C)(=O)=O. The van der Waals surface area contributed by atoms with Crippen molar-refractivity contribution in [3.05, 3.63) is 60.2 Å². The lowest BCUT2D eigenvalue weighted by Gasteiger charge is -2.33. The zero-order valence-corrected chi connectivity index (χ0v) is 21.3. The van der Waals surface area contributed by atoms with E-state index >= 15 is 0 Å². The van der Waals surface area contributed by atoms with E-state index in [1.807, 2.05) is 51.1 Å². The molecule has 0 radical (unpaired) electrons. The average Bonchev–Trinajstić information content (AvgIpc) is 2.82. The van der Waals surface area contributed by atoms with Gasteiger partial charge in [-0.05, 0) is 37.5 Å². The van der Waals surface area contributed by atoms with Crippen molar-refractivity contribution in [2.24, 2.45) is 0 Å². The maximum absolute atomic E-state index is 13.6. The van der Waals surface area contributed by atoms with Crippen LogP contribution in [0.15, 0.2) is 54.6 Å². The molecule has 2 amide bonds. The molecule has 2 rings (SSSR count). The predicted molar refractivity (Wildman–Crippen MR) is 134 cm³/mol. The van der Waals surface area contributed by atoms with E-state index in [0.29, 0.717) is 17.9 Å². The molecule has 8 nitrogen and oxygen atoms in total. The van der Waals surface area contributed by atoms with Gasteiger partial charge in [0.2, 0.25) is 21.8 Å². The van der Waals surface area contributed by atoms with Crippen molar-refractivity contribution in [1.82, 2.24) is 10.2 Å². The predicted octanol–water partition coefficient (Wildman–Crippen LogP) is 3.18. The van der Waals surface area contributed by atoms with Crippen molar-refractivity contribution in [2.45, 2.75) is 52.2 Å². The van der Waals surface area contributed by atoms with Crippen LogP contribution < -0.4 is 14.4 Å². The molecule has 2 atom stereocenters. The van der Waals surface area contributed by atoms with Gasteiger partial charge in [-0.2, -0.15) is 0 Å². The van der Waals surface area contributed by atoms with E-state index in [0.717, 1.165) is 22.5 Å². The minimum Gasteiger partial charge on any atom is -0.497 e. The summed E-state index contributed by atoms with van der Waals surface area (Å²) >= 11 is 0.